The molecule has 2 fully saturated rings. The van der Waals surface area contributed by atoms with Gasteiger partial charge in [0, 0.05) is 37.6 Å². The zero-order chi connectivity index (χ0) is 27.4. The Kier molecular flexibility index (Phi) is 13.8. The molecule has 204 valence electrons. The van der Waals surface area contributed by atoms with E-state index in [0.29, 0.717) is 27.5 Å². The second-order valence-electron chi connectivity index (χ2n) is 9.44. The van der Waals surface area contributed by atoms with Crippen LogP contribution in [-0.2, 0) is 0 Å². The molecule has 0 unspecified atom stereocenters. The summed E-state index contributed by atoms with van der Waals surface area (Å²) in [6.07, 6.45) is 7.56. The van der Waals surface area contributed by atoms with Gasteiger partial charge in [0.1, 0.15) is 10.3 Å². The Labute approximate surface area is 235 Å². The summed E-state index contributed by atoms with van der Waals surface area (Å²) in [5.74, 6) is 0.0522. The molecule has 0 bridgehead atoms. The number of pyridine rings is 2. The van der Waals surface area contributed by atoms with E-state index in [-0.39, 0.29) is 5.91 Å². The molecule has 4 rings (SSSR count). The summed E-state index contributed by atoms with van der Waals surface area (Å²) in [5, 5.41) is 3.58. The van der Waals surface area contributed by atoms with Crippen LogP contribution in [0.2, 0.25) is 10.3 Å². The van der Waals surface area contributed by atoms with Gasteiger partial charge >= 0.3 is 0 Å². The first-order chi connectivity index (χ1) is 17.6. The largest absolute Gasteiger partial charge is 0.338 e. The Morgan fingerprint density at radius 3 is 1.65 bits per heavy atom. The van der Waals surface area contributed by atoms with Crippen molar-refractivity contribution in [1.82, 2.24) is 30.0 Å². The van der Waals surface area contributed by atoms with Gasteiger partial charge in [-0.2, -0.15) is 0 Å². The van der Waals surface area contributed by atoms with Crippen LogP contribution in [0.15, 0.2) is 36.7 Å². The molecule has 0 aliphatic carbocycles. The van der Waals surface area contributed by atoms with Gasteiger partial charge < -0.3 is 20.0 Å². The fraction of sp³-hybridized carbons (Fsp3) is 0.538. The van der Waals surface area contributed by atoms with Gasteiger partial charge in [0.15, 0.2) is 0 Å². The van der Waals surface area contributed by atoms with E-state index in [2.05, 4.69) is 53.3 Å². The SMILES string of the molecule is CN(C)C1CCN(C(=O)c2ccc(Cl)nc2)CC1.CN(C)C1CCNCC1.O=C(Cl)c1ccc(Cl)nc1. The van der Waals surface area contributed by atoms with Crippen LogP contribution in [-0.4, -0.2) is 102 Å². The molecular weight excluding hydrogens is 535 g/mol. The Balaban J connectivity index is 0.000000214. The third-order valence-corrected chi connectivity index (χ3v) is 7.12. The third-order valence-electron chi connectivity index (χ3n) is 6.45. The van der Waals surface area contributed by atoms with Crippen molar-refractivity contribution in [1.29, 1.82) is 0 Å². The molecule has 0 radical (unpaired) electrons. The van der Waals surface area contributed by atoms with Crippen molar-refractivity contribution in [2.75, 3.05) is 54.4 Å². The highest BCUT2D eigenvalue weighted by Gasteiger charge is 2.24. The Morgan fingerprint density at radius 2 is 1.27 bits per heavy atom. The zero-order valence-electron chi connectivity index (χ0n) is 22.0. The minimum atomic E-state index is -0.524. The van der Waals surface area contributed by atoms with Crippen molar-refractivity contribution in [3.8, 4) is 0 Å². The Bertz CT molecular complexity index is 959. The molecule has 0 spiro atoms. The first kappa shape index (κ1) is 31.4. The number of likely N-dealkylation sites (tertiary alicyclic amines) is 1. The molecule has 4 heterocycles. The lowest BCUT2D eigenvalue weighted by molar-refractivity contribution is 0.0663. The first-order valence-corrected chi connectivity index (χ1v) is 13.5. The summed E-state index contributed by atoms with van der Waals surface area (Å²) in [5.41, 5.74) is 0.966. The second-order valence-corrected chi connectivity index (χ2v) is 10.6. The van der Waals surface area contributed by atoms with Gasteiger partial charge in [0.25, 0.3) is 11.1 Å². The molecule has 11 heteroatoms. The molecule has 2 aromatic heterocycles. The average Bonchev–Trinajstić information content (AvgIpc) is 2.90. The lowest BCUT2D eigenvalue weighted by atomic mass is 10.0. The molecule has 37 heavy (non-hydrogen) atoms. The highest BCUT2D eigenvalue weighted by atomic mass is 35.5. The van der Waals surface area contributed by atoms with E-state index in [4.69, 9.17) is 34.8 Å². The summed E-state index contributed by atoms with van der Waals surface area (Å²) < 4.78 is 0. The molecule has 1 amide bonds. The van der Waals surface area contributed by atoms with E-state index in [9.17, 15) is 9.59 Å². The van der Waals surface area contributed by atoms with Crippen LogP contribution >= 0.6 is 34.8 Å². The van der Waals surface area contributed by atoms with Gasteiger partial charge in [0.2, 0.25) is 0 Å². The van der Waals surface area contributed by atoms with Crippen LogP contribution < -0.4 is 5.32 Å². The fourth-order valence-corrected chi connectivity index (χ4v) is 4.42. The van der Waals surface area contributed by atoms with Crippen molar-refractivity contribution in [2.24, 2.45) is 0 Å². The average molecular weight is 572 g/mol. The second kappa shape index (κ2) is 16.2. The van der Waals surface area contributed by atoms with Crippen molar-refractivity contribution < 1.29 is 9.59 Å². The van der Waals surface area contributed by atoms with Crippen LogP contribution in [0, 0.1) is 0 Å². The van der Waals surface area contributed by atoms with Crippen LogP contribution in [0.5, 0.6) is 0 Å². The van der Waals surface area contributed by atoms with Gasteiger partial charge in [-0.25, -0.2) is 9.97 Å². The summed E-state index contributed by atoms with van der Waals surface area (Å²) in [7, 11) is 8.50. The summed E-state index contributed by atoms with van der Waals surface area (Å²) in [6.45, 7) is 4.01. The number of nitrogens with one attached hydrogen (secondary N) is 1. The minimum Gasteiger partial charge on any atom is -0.338 e. The maximum absolute atomic E-state index is 12.2. The summed E-state index contributed by atoms with van der Waals surface area (Å²) in [4.78, 5) is 36.7. The number of rotatable bonds is 4. The van der Waals surface area contributed by atoms with Gasteiger partial charge in [-0.3, -0.25) is 9.59 Å². The molecule has 0 atom stereocenters. The number of hydrogen-bond donors (Lipinski definition) is 1. The lowest BCUT2D eigenvalue weighted by Crippen LogP contribution is -2.44. The summed E-state index contributed by atoms with van der Waals surface area (Å²) in [6, 6.07) is 7.82. The van der Waals surface area contributed by atoms with Crippen LogP contribution in [0.4, 0.5) is 0 Å². The van der Waals surface area contributed by atoms with Crippen LogP contribution in [0.3, 0.4) is 0 Å². The number of hydrogen-bond acceptors (Lipinski definition) is 7. The Hall–Kier alpha value is -1.81. The molecule has 2 aromatic rings. The van der Waals surface area contributed by atoms with Gasteiger partial charge in [-0.1, -0.05) is 23.2 Å². The number of carbonyl (C=O) groups excluding carboxylic acids is 2. The van der Waals surface area contributed by atoms with Crippen molar-refractivity contribution in [2.45, 2.75) is 37.8 Å². The monoisotopic (exact) mass is 570 g/mol. The zero-order valence-corrected chi connectivity index (χ0v) is 24.2. The molecule has 2 aliphatic heterocycles. The normalized spacial score (nSPS) is 16.5. The number of nitrogens with zero attached hydrogens (tertiary/aromatic N) is 5. The highest BCUT2D eigenvalue weighted by Crippen LogP contribution is 2.17. The van der Waals surface area contributed by atoms with Crippen LogP contribution in [0.1, 0.15) is 46.4 Å². The van der Waals surface area contributed by atoms with E-state index in [0.717, 1.165) is 32.0 Å². The number of amides is 1. The molecule has 2 saturated heterocycles. The van der Waals surface area contributed by atoms with Gasteiger partial charge in [-0.15, -0.1) is 0 Å². The van der Waals surface area contributed by atoms with E-state index in [1.54, 1.807) is 18.3 Å². The number of aromatic nitrogens is 2. The molecule has 1 N–H and O–H groups in total. The minimum absolute atomic E-state index is 0.0522. The predicted molar refractivity (Wildman–Crippen MR) is 151 cm³/mol. The van der Waals surface area contributed by atoms with E-state index >= 15 is 0 Å². The Morgan fingerprint density at radius 1 is 0.811 bits per heavy atom. The van der Waals surface area contributed by atoms with Gasteiger partial charge in [-0.05, 0) is 103 Å². The van der Waals surface area contributed by atoms with E-state index < -0.39 is 5.24 Å². The standard InChI is InChI=1S/C13H18ClN3O.C7H16N2.C6H3Cl2NO/c1-16(2)11-5-7-17(8-6-11)13(18)10-3-4-12(14)15-9-10;1-9(2)7-3-5-8-6-4-7;7-5-2-1-4(3-9-5)6(8)10/h3-4,9,11H,5-8H2,1-2H3;7-8H,3-6H2,1-2H3;1-3H. The van der Waals surface area contributed by atoms with Gasteiger partial charge in [0.05, 0.1) is 11.1 Å². The highest BCUT2D eigenvalue weighted by molar-refractivity contribution is 6.67. The van der Waals surface area contributed by atoms with E-state index in [1.165, 1.54) is 44.3 Å². The quantitative estimate of drug-likeness (QED) is 0.432. The van der Waals surface area contributed by atoms with Crippen molar-refractivity contribution in [3.63, 3.8) is 0 Å². The smallest absolute Gasteiger partial charge is 0.255 e. The third kappa shape index (κ3) is 11.2. The number of piperidine rings is 2. The molecule has 2 aliphatic rings. The molecular formula is C26H37Cl3N6O2. The lowest BCUT2D eigenvalue weighted by Gasteiger charge is -2.35. The maximum atomic E-state index is 12.2. The first-order valence-electron chi connectivity index (χ1n) is 12.3. The maximum Gasteiger partial charge on any atom is 0.255 e. The molecule has 0 saturated carbocycles. The molecule has 0 aromatic carbocycles. The predicted octanol–water partition coefficient (Wildman–Crippen LogP) is 4.32. The van der Waals surface area contributed by atoms with Crippen LogP contribution in [0.25, 0.3) is 0 Å². The topological polar surface area (TPSA) is 81.7 Å². The summed E-state index contributed by atoms with van der Waals surface area (Å²) >= 11 is 16.3. The fourth-order valence-electron chi connectivity index (χ4n) is 4.09. The van der Waals surface area contributed by atoms with E-state index in [1.807, 2.05) is 4.90 Å². The van der Waals surface area contributed by atoms with Crippen molar-refractivity contribution in [3.05, 3.63) is 58.1 Å². The number of halogens is 3. The number of carbonyl (C=O) groups is 2. The molecule has 8 nitrogen and oxygen atoms in total. The van der Waals surface area contributed by atoms with Crippen molar-refractivity contribution >= 4 is 46.0 Å².